The number of hydrogen-bond acceptors (Lipinski definition) is 5. The highest BCUT2D eigenvalue weighted by Gasteiger charge is 2.12. The molecule has 2 atom stereocenters. The van der Waals surface area contributed by atoms with E-state index >= 15 is 0 Å². The van der Waals surface area contributed by atoms with Crippen molar-refractivity contribution in [2.75, 3.05) is 13.2 Å². The summed E-state index contributed by atoms with van der Waals surface area (Å²) < 4.78 is 10.3. The maximum atomic E-state index is 11.9. The summed E-state index contributed by atoms with van der Waals surface area (Å²) in [6.07, 6.45) is 29.9. The van der Waals surface area contributed by atoms with Crippen LogP contribution in [0.5, 0.6) is 0 Å². The van der Waals surface area contributed by atoms with Gasteiger partial charge in [0.2, 0.25) is 0 Å². The van der Waals surface area contributed by atoms with Crippen LogP contribution < -0.4 is 0 Å². The third-order valence-corrected chi connectivity index (χ3v) is 8.92. The van der Waals surface area contributed by atoms with E-state index < -0.39 is 6.10 Å². The average Bonchev–Trinajstić information content (AvgIpc) is 2.99. The lowest BCUT2D eigenvalue weighted by Crippen LogP contribution is -2.25. The molecular formula is C37H72O5. The molecule has 0 fully saturated rings. The first-order valence-corrected chi connectivity index (χ1v) is 18.4. The van der Waals surface area contributed by atoms with Crippen LogP contribution in [0.25, 0.3) is 0 Å². The third kappa shape index (κ3) is 30.4. The molecule has 0 spiro atoms. The number of ether oxygens (including phenoxy) is 2. The summed E-state index contributed by atoms with van der Waals surface area (Å²) in [5.41, 5.74) is 0. The predicted octanol–water partition coefficient (Wildman–Crippen LogP) is 10.9. The average molecular weight is 597 g/mol. The van der Waals surface area contributed by atoms with Crippen molar-refractivity contribution in [1.82, 2.24) is 0 Å². The fraction of sp³-hybridized carbons (Fsp3) is 0.946. The van der Waals surface area contributed by atoms with Gasteiger partial charge in [-0.1, -0.05) is 169 Å². The standard InChI is InChI=1S/C37H72O5/c1-5-33(3)27-23-19-15-11-7-9-13-17-21-25-29-36(39)41-31-35(38)32-42-37(40)30-26-22-18-14-10-8-12-16-20-24-28-34(4)6-2/h33-35,38H,5-32H2,1-4H3. The number of aliphatic hydroxyl groups excluding tert-OH is 1. The first-order chi connectivity index (χ1) is 20.4. The SMILES string of the molecule is CCC(C)CCCCCCCCCCCCC(=O)OCC(O)COC(=O)CCCCCCCCCCCCC(C)CC. The van der Waals surface area contributed by atoms with E-state index in [1.165, 1.54) is 128 Å². The Kier molecular flexibility index (Phi) is 30.5. The predicted molar refractivity (Wildman–Crippen MR) is 178 cm³/mol. The van der Waals surface area contributed by atoms with Crippen LogP contribution in [0.4, 0.5) is 0 Å². The second-order valence-corrected chi connectivity index (χ2v) is 13.2. The second kappa shape index (κ2) is 31.3. The second-order valence-electron chi connectivity index (χ2n) is 13.2. The zero-order valence-electron chi connectivity index (χ0n) is 28.6. The first kappa shape index (κ1) is 40.9. The summed E-state index contributed by atoms with van der Waals surface area (Å²) in [6.45, 7) is 9.04. The Labute approximate surface area is 261 Å². The van der Waals surface area contributed by atoms with E-state index in [2.05, 4.69) is 27.7 Å². The number of carbonyl (C=O) groups is 2. The zero-order valence-corrected chi connectivity index (χ0v) is 28.6. The molecule has 42 heavy (non-hydrogen) atoms. The van der Waals surface area contributed by atoms with Crippen LogP contribution >= 0.6 is 0 Å². The molecule has 5 heteroatoms. The lowest BCUT2D eigenvalue weighted by Gasteiger charge is -2.12. The van der Waals surface area contributed by atoms with Crippen molar-refractivity contribution in [3.8, 4) is 0 Å². The summed E-state index contributed by atoms with van der Waals surface area (Å²) in [5.74, 6) is 1.20. The Hall–Kier alpha value is -1.10. The molecule has 250 valence electrons. The Bertz CT molecular complexity index is 543. The fourth-order valence-electron chi connectivity index (χ4n) is 5.33. The third-order valence-electron chi connectivity index (χ3n) is 8.92. The number of unbranched alkanes of at least 4 members (excludes halogenated alkanes) is 18. The van der Waals surface area contributed by atoms with Gasteiger partial charge in [-0.05, 0) is 24.7 Å². The van der Waals surface area contributed by atoms with Gasteiger partial charge >= 0.3 is 11.9 Å². The van der Waals surface area contributed by atoms with Crippen LogP contribution in [0.3, 0.4) is 0 Å². The van der Waals surface area contributed by atoms with E-state index in [1.807, 2.05) is 0 Å². The summed E-state index contributed by atoms with van der Waals surface area (Å²) >= 11 is 0. The maximum absolute atomic E-state index is 11.9. The normalized spacial score (nSPS) is 13.5. The minimum atomic E-state index is -0.956. The molecule has 1 N–H and O–H groups in total. The molecule has 0 amide bonds. The van der Waals surface area contributed by atoms with Crippen molar-refractivity contribution < 1.29 is 24.2 Å². The topological polar surface area (TPSA) is 72.8 Å². The Morgan fingerprint density at radius 1 is 0.476 bits per heavy atom. The van der Waals surface area contributed by atoms with E-state index in [0.29, 0.717) is 12.8 Å². The van der Waals surface area contributed by atoms with E-state index in [0.717, 1.165) is 37.5 Å². The Morgan fingerprint density at radius 2 is 0.738 bits per heavy atom. The number of rotatable bonds is 32. The molecule has 0 aliphatic rings. The summed E-state index contributed by atoms with van der Waals surface area (Å²) in [5, 5.41) is 9.98. The highest BCUT2D eigenvalue weighted by molar-refractivity contribution is 5.69. The van der Waals surface area contributed by atoms with Crippen molar-refractivity contribution in [3.05, 3.63) is 0 Å². The quantitative estimate of drug-likeness (QED) is 0.0617. The van der Waals surface area contributed by atoms with Gasteiger partial charge in [-0.25, -0.2) is 0 Å². The Morgan fingerprint density at radius 3 is 1.02 bits per heavy atom. The van der Waals surface area contributed by atoms with Crippen molar-refractivity contribution in [3.63, 3.8) is 0 Å². The molecule has 0 heterocycles. The van der Waals surface area contributed by atoms with Gasteiger partial charge in [-0.15, -0.1) is 0 Å². The number of esters is 2. The lowest BCUT2D eigenvalue weighted by atomic mass is 9.99. The van der Waals surface area contributed by atoms with Crippen LogP contribution in [-0.4, -0.2) is 36.4 Å². The van der Waals surface area contributed by atoms with E-state index in [1.54, 1.807) is 0 Å². The van der Waals surface area contributed by atoms with Crippen molar-refractivity contribution in [1.29, 1.82) is 0 Å². The van der Waals surface area contributed by atoms with E-state index in [-0.39, 0.29) is 25.2 Å². The first-order valence-electron chi connectivity index (χ1n) is 18.4. The molecule has 0 bridgehead atoms. The highest BCUT2D eigenvalue weighted by Crippen LogP contribution is 2.17. The van der Waals surface area contributed by atoms with Crippen LogP contribution in [0, 0.1) is 11.8 Å². The molecule has 0 aliphatic carbocycles. The molecule has 0 aliphatic heterocycles. The number of carbonyl (C=O) groups excluding carboxylic acids is 2. The zero-order chi connectivity index (χ0) is 31.1. The molecule has 5 nitrogen and oxygen atoms in total. The minimum Gasteiger partial charge on any atom is -0.463 e. The molecule has 0 radical (unpaired) electrons. The Balaban J connectivity index is 3.42. The monoisotopic (exact) mass is 597 g/mol. The molecule has 0 rings (SSSR count). The van der Waals surface area contributed by atoms with Gasteiger partial charge in [-0.2, -0.15) is 0 Å². The van der Waals surface area contributed by atoms with Gasteiger partial charge in [-0.3, -0.25) is 9.59 Å². The van der Waals surface area contributed by atoms with Crippen LogP contribution in [0.1, 0.15) is 195 Å². The lowest BCUT2D eigenvalue weighted by molar-refractivity contribution is -0.152. The fourth-order valence-corrected chi connectivity index (χ4v) is 5.33. The van der Waals surface area contributed by atoms with Gasteiger partial charge in [0.05, 0.1) is 0 Å². The summed E-state index contributed by atoms with van der Waals surface area (Å²) in [4.78, 5) is 23.9. The highest BCUT2D eigenvalue weighted by atomic mass is 16.6. The maximum Gasteiger partial charge on any atom is 0.305 e. The van der Waals surface area contributed by atoms with Crippen molar-refractivity contribution in [2.45, 2.75) is 201 Å². The van der Waals surface area contributed by atoms with Gasteiger partial charge in [0, 0.05) is 12.8 Å². The number of hydrogen-bond donors (Lipinski definition) is 1. The van der Waals surface area contributed by atoms with Crippen molar-refractivity contribution in [2.24, 2.45) is 11.8 Å². The van der Waals surface area contributed by atoms with Crippen molar-refractivity contribution >= 4 is 11.9 Å². The molecular weight excluding hydrogens is 524 g/mol. The molecule has 0 aromatic carbocycles. The van der Waals surface area contributed by atoms with Gasteiger partial charge in [0.15, 0.2) is 0 Å². The van der Waals surface area contributed by atoms with Gasteiger partial charge in [0.1, 0.15) is 19.3 Å². The van der Waals surface area contributed by atoms with Gasteiger partial charge < -0.3 is 14.6 Å². The van der Waals surface area contributed by atoms with Crippen LogP contribution in [0.15, 0.2) is 0 Å². The minimum absolute atomic E-state index is 0.110. The van der Waals surface area contributed by atoms with E-state index in [9.17, 15) is 14.7 Å². The van der Waals surface area contributed by atoms with Crippen LogP contribution in [0.2, 0.25) is 0 Å². The number of aliphatic hydroxyl groups is 1. The smallest absolute Gasteiger partial charge is 0.305 e. The van der Waals surface area contributed by atoms with E-state index in [4.69, 9.17) is 9.47 Å². The molecule has 0 saturated heterocycles. The molecule has 0 aromatic rings. The largest absolute Gasteiger partial charge is 0.463 e. The molecule has 0 saturated carbocycles. The van der Waals surface area contributed by atoms with Crippen LogP contribution in [-0.2, 0) is 19.1 Å². The van der Waals surface area contributed by atoms with Gasteiger partial charge in [0.25, 0.3) is 0 Å². The summed E-state index contributed by atoms with van der Waals surface area (Å²) in [7, 11) is 0. The summed E-state index contributed by atoms with van der Waals surface area (Å²) in [6, 6.07) is 0. The molecule has 0 aromatic heterocycles. The molecule has 2 unspecified atom stereocenters.